The largest absolute Gasteiger partial charge is 0.364 e. The van der Waals surface area contributed by atoms with Crippen molar-refractivity contribution in [1.82, 2.24) is 4.98 Å². The molecule has 0 atom stereocenters. The summed E-state index contributed by atoms with van der Waals surface area (Å²) < 4.78 is 0. The van der Waals surface area contributed by atoms with Gasteiger partial charge in [-0.05, 0) is 18.9 Å². The summed E-state index contributed by atoms with van der Waals surface area (Å²) in [5, 5.41) is 0. The Labute approximate surface area is 79.4 Å². The maximum absolute atomic E-state index is 4.17. The van der Waals surface area contributed by atoms with Crippen LogP contribution in [0.15, 0.2) is 30.0 Å². The summed E-state index contributed by atoms with van der Waals surface area (Å²) in [6, 6.07) is 2.05. The SMILES string of the molecule is C=CN=C(C)c1cc[nH]c1C(C)C. The Kier molecular flexibility index (Phi) is 3.07. The van der Waals surface area contributed by atoms with Gasteiger partial charge in [0, 0.05) is 29.4 Å². The lowest BCUT2D eigenvalue weighted by Crippen LogP contribution is -1.99. The van der Waals surface area contributed by atoms with Crippen molar-refractivity contribution in [1.29, 1.82) is 0 Å². The third kappa shape index (κ3) is 2.08. The van der Waals surface area contributed by atoms with Crippen molar-refractivity contribution in [3.63, 3.8) is 0 Å². The van der Waals surface area contributed by atoms with Gasteiger partial charge in [-0.1, -0.05) is 20.4 Å². The number of nitrogens with zero attached hydrogens (tertiary/aromatic N) is 1. The zero-order valence-electron chi connectivity index (χ0n) is 8.46. The molecule has 0 spiro atoms. The van der Waals surface area contributed by atoms with Crippen molar-refractivity contribution >= 4 is 5.71 Å². The van der Waals surface area contributed by atoms with Crippen LogP contribution >= 0.6 is 0 Å². The molecule has 0 aliphatic rings. The maximum Gasteiger partial charge on any atom is 0.0462 e. The van der Waals surface area contributed by atoms with Gasteiger partial charge in [-0.25, -0.2) is 0 Å². The lowest BCUT2D eigenvalue weighted by Gasteiger charge is -2.05. The smallest absolute Gasteiger partial charge is 0.0462 e. The number of aliphatic imine (C=N–C) groups is 1. The zero-order chi connectivity index (χ0) is 9.84. The van der Waals surface area contributed by atoms with E-state index in [9.17, 15) is 0 Å². The van der Waals surface area contributed by atoms with E-state index in [1.807, 2.05) is 13.1 Å². The lowest BCUT2D eigenvalue weighted by molar-refractivity contribution is 0.830. The second-order valence-corrected chi connectivity index (χ2v) is 3.36. The van der Waals surface area contributed by atoms with E-state index in [0.717, 1.165) is 5.71 Å². The second-order valence-electron chi connectivity index (χ2n) is 3.36. The number of aromatic nitrogens is 1. The van der Waals surface area contributed by atoms with Gasteiger partial charge < -0.3 is 4.98 Å². The number of aromatic amines is 1. The molecule has 1 N–H and O–H groups in total. The van der Waals surface area contributed by atoms with Gasteiger partial charge >= 0.3 is 0 Å². The van der Waals surface area contributed by atoms with E-state index in [-0.39, 0.29) is 0 Å². The Bertz CT molecular complexity index is 319. The Morgan fingerprint density at radius 1 is 1.62 bits per heavy atom. The molecular formula is C11H16N2. The summed E-state index contributed by atoms with van der Waals surface area (Å²) in [6.45, 7) is 9.91. The predicted octanol–water partition coefficient (Wildman–Crippen LogP) is 3.09. The minimum Gasteiger partial charge on any atom is -0.364 e. The molecule has 0 unspecified atom stereocenters. The first-order valence-corrected chi connectivity index (χ1v) is 4.49. The van der Waals surface area contributed by atoms with Crippen LogP contribution in [-0.2, 0) is 0 Å². The first-order valence-electron chi connectivity index (χ1n) is 4.49. The molecule has 2 heteroatoms. The number of hydrogen-bond acceptors (Lipinski definition) is 1. The van der Waals surface area contributed by atoms with Gasteiger partial charge in [-0.3, -0.25) is 4.99 Å². The maximum atomic E-state index is 4.17. The topological polar surface area (TPSA) is 28.1 Å². The standard InChI is InChI=1S/C11H16N2/c1-5-12-9(4)10-6-7-13-11(10)8(2)3/h5-8,13H,1H2,2-4H3. The van der Waals surface area contributed by atoms with Crippen LogP contribution in [0.4, 0.5) is 0 Å². The number of rotatable bonds is 3. The summed E-state index contributed by atoms with van der Waals surface area (Å²) >= 11 is 0. The normalized spacial score (nSPS) is 12.2. The van der Waals surface area contributed by atoms with Gasteiger partial charge in [0.1, 0.15) is 0 Å². The van der Waals surface area contributed by atoms with E-state index in [0.29, 0.717) is 5.92 Å². The van der Waals surface area contributed by atoms with Crippen LogP contribution in [0.1, 0.15) is 37.9 Å². The molecule has 2 nitrogen and oxygen atoms in total. The van der Waals surface area contributed by atoms with E-state index in [2.05, 4.69) is 36.5 Å². The first kappa shape index (κ1) is 9.78. The fourth-order valence-electron chi connectivity index (χ4n) is 1.38. The monoisotopic (exact) mass is 176 g/mol. The Morgan fingerprint density at radius 2 is 2.31 bits per heavy atom. The summed E-state index contributed by atoms with van der Waals surface area (Å²) in [5.41, 5.74) is 3.44. The quantitative estimate of drug-likeness (QED) is 0.685. The molecule has 0 fully saturated rings. The Balaban J connectivity index is 3.07. The molecule has 0 amide bonds. The third-order valence-corrected chi connectivity index (χ3v) is 2.03. The minimum atomic E-state index is 0.500. The molecule has 0 saturated carbocycles. The average molecular weight is 176 g/mol. The Hall–Kier alpha value is -1.31. The van der Waals surface area contributed by atoms with Crippen LogP contribution in [0.5, 0.6) is 0 Å². The van der Waals surface area contributed by atoms with Gasteiger partial charge in [-0.15, -0.1) is 0 Å². The fraction of sp³-hybridized carbons (Fsp3) is 0.364. The molecule has 1 heterocycles. The van der Waals surface area contributed by atoms with E-state index in [1.165, 1.54) is 11.3 Å². The molecule has 0 aromatic carbocycles. The molecule has 1 rings (SSSR count). The highest BCUT2D eigenvalue weighted by Gasteiger charge is 2.08. The molecule has 70 valence electrons. The average Bonchev–Trinajstić information content (AvgIpc) is 2.52. The molecule has 0 bridgehead atoms. The highest BCUT2D eigenvalue weighted by atomic mass is 14.7. The predicted molar refractivity (Wildman–Crippen MR) is 57.3 cm³/mol. The molecule has 0 saturated heterocycles. The first-order chi connectivity index (χ1) is 6.16. The number of nitrogens with one attached hydrogen (secondary N) is 1. The van der Waals surface area contributed by atoms with Crippen LogP contribution in [0.3, 0.4) is 0 Å². The Morgan fingerprint density at radius 3 is 2.85 bits per heavy atom. The van der Waals surface area contributed by atoms with Crippen molar-refractivity contribution in [3.8, 4) is 0 Å². The summed E-state index contributed by atoms with van der Waals surface area (Å²) in [4.78, 5) is 7.40. The molecule has 1 aromatic rings. The van der Waals surface area contributed by atoms with Gasteiger partial charge in [0.15, 0.2) is 0 Å². The highest BCUT2D eigenvalue weighted by Crippen LogP contribution is 2.18. The van der Waals surface area contributed by atoms with Crippen LogP contribution in [0.2, 0.25) is 0 Å². The van der Waals surface area contributed by atoms with Crippen molar-refractivity contribution in [2.45, 2.75) is 26.7 Å². The number of hydrogen-bond donors (Lipinski definition) is 1. The minimum absolute atomic E-state index is 0.500. The third-order valence-electron chi connectivity index (χ3n) is 2.03. The number of H-pyrrole nitrogens is 1. The molecule has 1 aromatic heterocycles. The molecule has 0 aliphatic heterocycles. The lowest BCUT2D eigenvalue weighted by atomic mass is 10.0. The summed E-state index contributed by atoms with van der Waals surface area (Å²) in [6.07, 6.45) is 3.53. The molecule has 13 heavy (non-hydrogen) atoms. The van der Waals surface area contributed by atoms with Gasteiger partial charge in [0.2, 0.25) is 0 Å². The van der Waals surface area contributed by atoms with Gasteiger partial charge in [0.25, 0.3) is 0 Å². The molecule has 0 radical (unpaired) electrons. The van der Waals surface area contributed by atoms with Crippen molar-refractivity contribution < 1.29 is 0 Å². The van der Waals surface area contributed by atoms with Crippen molar-refractivity contribution in [2.24, 2.45) is 4.99 Å². The van der Waals surface area contributed by atoms with E-state index in [4.69, 9.17) is 0 Å². The summed E-state index contributed by atoms with van der Waals surface area (Å²) in [7, 11) is 0. The van der Waals surface area contributed by atoms with E-state index in [1.54, 1.807) is 6.20 Å². The van der Waals surface area contributed by atoms with Crippen LogP contribution in [-0.4, -0.2) is 10.7 Å². The fourth-order valence-corrected chi connectivity index (χ4v) is 1.38. The van der Waals surface area contributed by atoms with E-state index < -0.39 is 0 Å². The van der Waals surface area contributed by atoms with Crippen molar-refractivity contribution in [2.75, 3.05) is 0 Å². The second kappa shape index (κ2) is 4.08. The van der Waals surface area contributed by atoms with Gasteiger partial charge in [-0.2, -0.15) is 0 Å². The molecular weight excluding hydrogens is 160 g/mol. The van der Waals surface area contributed by atoms with Crippen LogP contribution in [0.25, 0.3) is 0 Å². The summed E-state index contributed by atoms with van der Waals surface area (Å²) in [5.74, 6) is 0.500. The molecule has 0 aliphatic carbocycles. The van der Waals surface area contributed by atoms with Crippen LogP contribution < -0.4 is 0 Å². The van der Waals surface area contributed by atoms with Gasteiger partial charge in [0.05, 0.1) is 0 Å². The highest BCUT2D eigenvalue weighted by molar-refractivity contribution is 6.00. The van der Waals surface area contributed by atoms with E-state index >= 15 is 0 Å². The zero-order valence-corrected chi connectivity index (χ0v) is 8.46. The van der Waals surface area contributed by atoms with Crippen LogP contribution in [0, 0.1) is 0 Å². The van der Waals surface area contributed by atoms with Crippen molar-refractivity contribution in [3.05, 3.63) is 36.3 Å².